The van der Waals surface area contributed by atoms with E-state index in [-0.39, 0.29) is 11.0 Å². The third-order valence-electron chi connectivity index (χ3n) is 9.54. The molecule has 0 amide bonds. The van der Waals surface area contributed by atoms with Gasteiger partial charge in [0.1, 0.15) is 0 Å². The molecule has 1 aliphatic carbocycles. The molecule has 4 nitrogen and oxygen atoms in total. The molecule has 1 atom stereocenters. The van der Waals surface area contributed by atoms with Crippen LogP contribution in [0.1, 0.15) is 106 Å². The third-order valence-corrected chi connectivity index (χ3v) is 9.54. The fraction of sp³-hybridized carbons (Fsp3) is 0.594. The lowest BCUT2D eigenvalue weighted by molar-refractivity contribution is -0.630. The quantitative estimate of drug-likeness (QED) is 0.633. The molecule has 0 bridgehead atoms. The summed E-state index contributed by atoms with van der Waals surface area (Å²) in [6.07, 6.45) is 6.14. The van der Waals surface area contributed by atoms with Crippen LogP contribution in [-0.4, -0.2) is 50.0 Å². The highest BCUT2D eigenvalue weighted by Gasteiger charge is 2.45. The van der Waals surface area contributed by atoms with Gasteiger partial charge in [-0.2, -0.15) is 5.01 Å². The SMILES string of the molecule is CCN1c2cc3c(cc2C(C)CC1(C)C)/C(=[NH+]\N(C)C)c1cc2c4c(c1C3(C)C)CCCN4CCC2. The van der Waals surface area contributed by atoms with Crippen molar-refractivity contribution in [1.82, 2.24) is 5.01 Å². The maximum Gasteiger partial charge on any atom is 0.241 e. The third kappa shape index (κ3) is 3.28. The molecule has 192 valence electrons. The predicted molar refractivity (Wildman–Crippen MR) is 152 cm³/mol. The van der Waals surface area contributed by atoms with Gasteiger partial charge in [-0.15, -0.1) is 5.10 Å². The highest BCUT2D eigenvalue weighted by molar-refractivity contribution is 6.14. The van der Waals surface area contributed by atoms with E-state index in [1.54, 1.807) is 22.4 Å². The molecule has 3 heterocycles. The van der Waals surface area contributed by atoms with Gasteiger partial charge >= 0.3 is 0 Å². The lowest BCUT2D eigenvalue weighted by atomic mass is 9.63. The maximum atomic E-state index is 3.81. The van der Waals surface area contributed by atoms with Crippen LogP contribution in [-0.2, 0) is 18.3 Å². The Balaban J connectivity index is 1.67. The van der Waals surface area contributed by atoms with E-state index in [1.807, 2.05) is 0 Å². The van der Waals surface area contributed by atoms with Crippen LogP contribution in [0, 0.1) is 0 Å². The highest BCUT2D eigenvalue weighted by atomic mass is 15.4. The smallest absolute Gasteiger partial charge is 0.241 e. The summed E-state index contributed by atoms with van der Waals surface area (Å²) >= 11 is 0. The first-order chi connectivity index (χ1) is 17.0. The van der Waals surface area contributed by atoms with Crippen LogP contribution >= 0.6 is 0 Å². The molecule has 1 unspecified atom stereocenters. The first-order valence-electron chi connectivity index (χ1n) is 14.3. The molecule has 0 fully saturated rings. The predicted octanol–water partition coefficient (Wildman–Crippen LogP) is 4.53. The second-order valence-corrected chi connectivity index (χ2v) is 13.1. The highest BCUT2D eigenvalue weighted by Crippen LogP contribution is 2.52. The fourth-order valence-electron chi connectivity index (χ4n) is 8.25. The number of hydrogen-bond donors (Lipinski definition) is 1. The Morgan fingerprint density at radius 3 is 2.42 bits per heavy atom. The second kappa shape index (κ2) is 8.00. The zero-order valence-corrected chi connectivity index (χ0v) is 23.8. The minimum Gasteiger partial charge on any atom is -0.371 e. The van der Waals surface area contributed by atoms with Crippen LogP contribution in [0.4, 0.5) is 11.4 Å². The van der Waals surface area contributed by atoms with Crippen molar-refractivity contribution in [2.75, 3.05) is 43.5 Å². The van der Waals surface area contributed by atoms with Crippen molar-refractivity contribution >= 4 is 17.1 Å². The number of nitrogens with one attached hydrogen (secondary N) is 1. The van der Waals surface area contributed by atoms with Crippen molar-refractivity contribution in [2.24, 2.45) is 0 Å². The van der Waals surface area contributed by atoms with Gasteiger partial charge in [0.25, 0.3) is 0 Å². The Labute approximate surface area is 218 Å². The lowest BCUT2D eigenvalue weighted by Gasteiger charge is -2.49. The van der Waals surface area contributed by atoms with Crippen LogP contribution in [0.25, 0.3) is 0 Å². The molecule has 0 saturated carbocycles. The van der Waals surface area contributed by atoms with Crippen LogP contribution in [0.2, 0.25) is 0 Å². The van der Waals surface area contributed by atoms with E-state index in [9.17, 15) is 0 Å². The number of anilines is 2. The molecule has 0 spiro atoms. The van der Waals surface area contributed by atoms with Gasteiger partial charge in [0.05, 0.1) is 25.2 Å². The summed E-state index contributed by atoms with van der Waals surface area (Å²) in [7, 11) is 4.25. The summed E-state index contributed by atoms with van der Waals surface area (Å²) in [6.45, 7) is 18.0. The Morgan fingerprint density at radius 2 is 1.72 bits per heavy atom. The van der Waals surface area contributed by atoms with Gasteiger partial charge in [-0.1, -0.05) is 20.8 Å². The minimum absolute atomic E-state index is 0.0494. The summed E-state index contributed by atoms with van der Waals surface area (Å²) in [5, 5.41) is 5.93. The van der Waals surface area contributed by atoms with E-state index in [1.165, 1.54) is 78.8 Å². The van der Waals surface area contributed by atoms with E-state index < -0.39 is 0 Å². The molecular formula is C32H45N4+. The summed E-state index contributed by atoms with van der Waals surface area (Å²) in [6, 6.07) is 7.70. The van der Waals surface area contributed by atoms with Crippen molar-refractivity contribution in [3.8, 4) is 0 Å². The molecule has 0 radical (unpaired) electrons. The standard InChI is InChI=1S/C32H44N4/c1-9-36-27-18-26-24(17-23(27)20(2)19-31(36,3)4)29(33-34(7)8)25-16-21-12-10-14-35-15-11-13-22(30(21)35)28(25)32(26,5)6/h16-18,20H,9-15,19H2,1-8H3/p+1/b33-29+. The van der Waals surface area contributed by atoms with Gasteiger partial charge in [0, 0.05) is 42.0 Å². The number of nitrogens with zero attached hydrogens (tertiary/aromatic N) is 3. The van der Waals surface area contributed by atoms with Crippen LogP contribution in [0.5, 0.6) is 0 Å². The Morgan fingerprint density at radius 1 is 1.00 bits per heavy atom. The number of fused-ring (bicyclic) bond motifs is 4. The average Bonchev–Trinajstić information content (AvgIpc) is 2.81. The van der Waals surface area contributed by atoms with Gasteiger partial charge < -0.3 is 9.80 Å². The van der Waals surface area contributed by atoms with E-state index >= 15 is 0 Å². The molecule has 4 heteroatoms. The van der Waals surface area contributed by atoms with E-state index in [0.717, 1.165) is 6.54 Å². The van der Waals surface area contributed by atoms with E-state index in [0.29, 0.717) is 5.92 Å². The zero-order valence-electron chi connectivity index (χ0n) is 23.8. The molecule has 0 aromatic heterocycles. The molecule has 6 rings (SSSR count). The van der Waals surface area contributed by atoms with Gasteiger partial charge in [-0.05, 0) is 105 Å². The molecule has 0 saturated heterocycles. The first-order valence-corrected chi connectivity index (χ1v) is 14.3. The Kier molecular flexibility index (Phi) is 5.31. The molecule has 4 aliphatic rings. The summed E-state index contributed by atoms with van der Waals surface area (Å²) < 4.78 is 0. The van der Waals surface area contributed by atoms with E-state index in [2.05, 4.69) is 93.7 Å². The van der Waals surface area contributed by atoms with Crippen molar-refractivity contribution in [1.29, 1.82) is 0 Å². The van der Waals surface area contributed by atoms with Crippen LogP contribution in [0.15, 0.2) is 18.2 Å². The number of hydrazone groups is 1. The van der Waals surface area contributed by atoms with Gasteiger partial charge in [-0.25, -0.2) is 0 Å². The van der Waals surface area contributed by atoms with Crippen molar-refractivity contribution in [3.63, 3.8) is 0 Å². The number of aryl methyl sites for hydroxylation is 1. The molecule has 36 heavy (non-hydrogen) atoms. The summed E-state index contributed by atoms with van der Waals surface area (Å²) in [5.74, 6) is 0.548. The van der Waals surface area contributed by atoms with Gasteiger partial charge in [-0.3, -0.25) is 0 Å². The first kappa shape index (κ1) is 23.9. The van der Waals surface area contributed by atoms with Crippen molar-refractivity contribution in [3.05, 3.63) is 57.1 Å². The molecule has 2 aromatic carbocycles. The number of benzene rings is 2. The number of rotatable bonds is 2. The molecule has 1 N–H and O–H groups in total. The summed E-state index contributed by atoms with van der Waals surface area (Å²) in [4.78, 5) is 5.35. The van der Waals surface area contributed by atoms with Crippen LogP contribution < -0.4 is 14.9 Å². The zero-order chi connectivity index (χ0) is 25.6. The monoisotopic (exact) mass is 485 g/mol. The number of hydrazine groups is 1. The second-order valence-electron chi connectivity index (χ2n) is 13.1. The molecule has 2 aromatic rings. The lowest BCUT2D eigenvalue weighted by Crippen LogP contribution is -2.82. The largest absolute Gasteiger partial charge is 0.371 e. The number of hydrogen-bond acceptors (Lipinski definition) is 3. The Bertz CT molecular complexity index is 1260. The molecular weight excluding hydrogens is 440 g/mol. The fourth-order valence-corrected chi connectivity index (χ4v) is 8.25. The summed E-state index contributed by atoms with van der Waals surface area (Å²) in [5.41, 5.74) is 15.0. The normalized spacial score (nSPS) is 24.1. The molecule has 3 aliphatic heterocycles. The average molecular weight is 486 g/mol. The maximum absolute atomic E-state index is 3.81. The minimum atomic E-state index is -0.0494. The van der Waals surface area contributed by atoms with E-state index in [4.69, 9.17) is 0 Å². The van der Waals surface area contributed by atoms with Crippen molar-refractivity contribution in [2.45, 2.75) is 90.5 Å². The van der Waals surface area contributed by atoms with Gasteiger partial charge in [0.2, 0.25) is 5.71 Å². The van der Waals surface area contributed by atoms with Crippen LogP contribution in [0.3, 0.4) is 0 Å². The van der Waals surface area contributed by atoms with Crippen molar-refractivity contribution < 1.29 is 5.10 Å². The Hall–Kier alpha value is -2.49. The topological polar surface area (TPSA) is 23.7 Å². The van der Waals surface area contributed by atoms with Gasteiger partial charge in [0.15, 0.2) is 0 Å².